The van der Waals surface area contributed by atoms with Gasteiger partial charge >= 0.3 is 5.71 Å². The molecule has 4 nitrogen and oxygen atoms in total. The first-order chi connectivity index (χ1) is 11.0. The summed E-state index contributed by atoms with van der Waals surface area (Å²) in [6.45, 7) is 5.19. The summed E-state index contributed by atoms with van der Waals surface area (Å²) in [6, 6.07) is 14.7. The zero-order valence-corrected chi connectivity index (χ0v) is 13.5. The minimum Gasteiger partial charge on any atom is -0.393 e. The lowest BCUT2D eigenvalue weighted by atomic mass is 10.0. The van der Waals surface area contributed by atoms with Gasteiger partial charge in [-0.05, 0) is 37.3 Å². The van der Waals surface area contributed by atoms with E-state index in [0.29, 0.717) is 22.0 Å². The van der Waals surface area contributed by atoms with Gasteiger partial charge < -0.3 is 10.4 Å². The number of anilines is 1. The van der Waals surface area contributed by atoms with E-state index in [1.54, 1.807) is 25.1 Å². The van der Waals surface area contributed by atoms with Gasteiger partial charge in [0.25, 0.3) is 6.72 Å². The third-order valence-corrected chi connectivity index (χ3v) is 3.43. The first-order valence-corrected chi connectivity index (χ1v) is 7.56. The van der Waals surface area contributed by atoms with Gasteiger partial charge in [0, 0.05) is 5.02 Å². The highest BCUT2D eigenvalue weighted by molar-refractivity contribution is 6.31. The summed E-state index contributed by atoms with van der Waals surface area (Å²) in [7, 11) is 0. The first kappa shape index (κ1) is 17.0. The van der Waals surface area contributed by atoms with Gasteiger partial charge in [0.1, 0.15) is 0 Å². The highest BCUT2D eigenvalue weighted by atomic mass is 35.5. The molecule has 0 aliphatic heterocycles. The first-order valence-electron chi connectivity index (χ1n) is 7.18. The number of hydrogen-bond donors (Lipinski definition) is 2. The van der Waals surface area contributed by atoms with E-state index >= 15 is 0 Å². The maximum absolute atomic E-state index is 11.9. The predicted molar refractivity (Wildman–Crippen MR) is 95.3 cm³/mol. The largest absolute Gasteiger partial charge is 0.393 e. The van der Waals surface area contributed by atoms with Crippen molar-refractivity contribution in [1.82, 2.24) is 4.67 Å². The van der Waals surface area contributed by atoms with Crippen LogP contribution < -0.4 is 9.98 Å². The van der Waals surface area contributed by atoms with Crippen molar-refractivity contribution in [2.75, 3.05) is 5.32 Å². The number of aliphatic hydroxyl groups excluding tert-OH is 1. The molecule has 5 heteroatoms. The van der Waals surface area contributed by atoms with Gasteiger partial charge in [0.15, 0.2) is 0 Å². The Balaban J connectivity index is 2.43. The van der Waals surface area contributed by atoms with Crippen LogP contribution in [0.3, 0.4) is 0 Å². The smallest absolute Gasteiger partial charge is 0.342 e. The molecular weight excluding hydrogens is 312 g/mol. The van der Waals surface area contributed by atoms with Gasteiger partial charge in [0.05, 0.1) is 29.3 Å². The Morgan fingerprint density at radius 3 is 2.61 bits per heavy atom. The number of carbonyl (C=O) groups excluding carboxylic acids is 1. The normalized spacial score (nSPS) is 11.4. The van der Waals surface area contributed by atoms with E-state index in [-0.39, 0.29) is 12.3 Å². The molecule has 23 heavy (non-hydrogen) atoms. The average molecular weight is 330 g/mol. The number of hydrogen-bond acceptors (Lipinski definition) is 2. The highest BCUT2D eigenvalue weighted by Gasteiger charge is 2.21. The number of nitrogens with zero attached hydrogens (tertiary/aromatic N) is 1. The molecule has 0 aliphatic carbocycles. The zero-order valence-electron chi connectivity index (χ0n) is 12.8. The molecule has 0 aromatic heterocycles. The average Bonchev–Trinajstić information content (AvgIpc) is 2.51. The summed E-state index contributed by atoms with van der Waals surface area (Å²) < 4.78 is 4.11. The van der Waals surface area contributed by atoms with Crippen molar-refractivity contribution in [2.45, 2.75) is 19.4 Å². The SMILES string of the molecule is C=[N+]=C(c1ccccc1)c1cc(Cl)ccc1NC(=O)C[C@@H](C)O. The summed E-state index contributed by atoms with van der Waals surface area (Å²) in [5.74, 6) is -0.278. The molecule has 118 valence electrons. The second kappa shape index (κ2) is 7.75. The Hall–Kier alpha value is -2.39. The van der Waals surface area contributed by atoms with Crippen LogP contribution in [0.4, 0.5) is 5.69 Å². The lowest BCUT2D eigenvalue weighted by molar-refractivity contribution is -0.117. The van der Waals surface area contributed by atoms with Crippen molar-refractivity contribution < 1.29 is 9.90 Å². The lowest BCUT2D eigenvalue weighted by Crippen LogP contribution is -2.20. The van der Waals surface area contributed by atoms with Crippen molar-refractivity contribution >= 4 is 35.6 Å². The van der Waals surface area contributed by atoms with E-state index in [4.69, 9.17) is 11.6 Å². The van der Waals surface area contributed by atoms with Crippen molar-refractivity contribution in [1.29, 1.82) is 0 Å². The molecule has 2 aromatic carbocycles. The van der Waals surface area contributed by atoms with Gasteiger partial charge in [-0.15, -0.1) is 0 Å². The molecular formula is C18H18ClN2O2+. The van der Waals surface area contributed by atoms with Crippen LogP contribution in [0, 0.1) is 0 Å². The molecule has 0 aliphatic rings. The molecule has 0 heterocycles. The number of rotatable bonds is 5. The van der Waals surface area contributed by atoms with Crippen molar-refractivity contribution in [3.05, 3.63) is 64.7 Å². The quantitative estimate of drug-likeness (QED) is 0.654. The fraction of sp³-hybridized carbons (Fsp3) is 0.167. The third-order valence-electron chi connectivity index (χ3n) is 3.20. The predicted octanol–water partition coefficient (Wildman–Crippen LogP) is 2.65. The molecule has 0 saturated carbocycles. The van der Waals surface area contributed by atoms with Gasteiger partial charge in [-0.2, -0.15) is 0 Å². The van der Waals surface area contributed by atoms with Gasteiger partial charge in [-0.1, -0.05) is 34.5 Å². The maximum Gasteiger partial charge on any atom is 0.342 e. The van der Waals surface area contributed by atoms with Crippen molar-refractivity contribution in [2.24, 2.45) is 0 Å². The van der Waals surface area contributed by atoms with Gasteiger partial charge in [-0.25, -0.2) is 0 Å². The second-order valence-corrected chi connectivity index (χ2v) is 5.60. The Morgan fingerprint density at radius 2 is 2.00 bits per heavy atom. The van der Waals surface area contributed by atoms with Gasteiger partial charge in [-0.3, -0.25) is 4.79 Å². The van der Waals surface area contributed by atoms with E-state index in [1.807, 2.05) is 30.3 Å². The third kappa shape index (κ3) is 4.54. The molecule has 0 bridgehead atoms. The number of halogens is 1. The Kier molecular flexibility index (Phi) is 5.72. The Labute approximate surface area is 140 Å². The molecule has 1 amide bonds. The van der Waals surface area contributed by atoms with Crippen LogP contribution in [-0.2, 0) is 4.79 Å². The van der Waals surface area contributed by atoms with Crippen LogP contribution in [0.15, 0.2) is 48.5 Å². The second-order valence-electron chi connectivity index (χ2n) is 5.16. The van der Waals surface area contributed by atoms with Crippen molar-refractivity contribution in [3.63, 3.8) is 0 Å². The van der Waals surface area contributed by atoms with Crippen molar-refractivity contribution in [3.8, 4) is 0 Å². The van der Waals surface area contributed by atoms with E-state index in [1.165, 1.54) is 0 Å². The minimum absolute atomic E-state index is 0.0181. The molecule has 2 N–H and O–H groups in total. The molecule has 0 unspecified atom stereocenters. The van der Waals surface area contributed by atoms with Crippen LogP contribution in [0.1, 0.15) is 24.5 Å². The van der Waals surface area contributed by atoms with Crippen LogP contribution in [0.2, 0.25) is 5.02 Å². The molecule has 0 fully saturated rings. The van der Waals surface area contributed by atoms with E-state index in [2.05, 4.69) is 16.7 Å². The number of carbonyl (C=O) groups is 1. The summed E-state index contributed by atoms with van der Waals surface area (Å²) in [6.07, 6.45) is -0.689. The standard InChI is InChI=1S/C18H17ClN2O2/c1-12(22)10-17(23)21-16-9-8-14(19)11-15(16)18(20-2)13-6-4-3-5-7-13/h3-9,11-12,22H,2,10H2,1H3/p+1/t12-/m1/s1. The fourth-order valence-corrected chi connectivity index (χ4v) is 2.39. The summed E-state index contributed by atoms with van der Waals surface area (Å²) in [4.78, 5) is 11.9. The zero-order chi connectivity index (χ0) is 16.8. The molecule has 2 rings (SSSR count). The summed E-state index contributed by atoms with van der Waals surface area (Å²) in [5, 5.41) is 12.7. The van der Waals surface area contributed by atoms with Crippen LogP contribution >= 0.6 is 11.6 Å². The number of benzene rings is 2. The van der Waals surface area contributed by atoms with E-state index in [0.717, 1.165) is 5.56 Å². The number of aliphatic hydroxyl groups is 1. The lowest BCUT2D eigenvalue weighted by Gasteiger charge is -2.10. The summed E-state index contributed by atoms with van der Waals surface area (Å²) >= 11 is 6.10. The fourth-order valence-electron chi connectivity index (χ4n) is 2.22. The van der Waals surface area contributed by atoms with Crippen LogP contribution in [0.5, 0.6) is 0 Å². The molecule has 2 aromatic rings. The topological polar surface area (TPSA) is 63.4 Å². The van der Waals surface area contributed by atoms with E-state index < -0.39 is 6.10 Å². The maximum atomic E-state index is 11.9. The van der Waals surface area contributed by atoms with Gasteiger partial charge in [0.2, 0.25) is 5.91 Å². The summed E-state index contributed by atoms with van der Waals surface area (Å²) in [5.41, 5.74) is 2.75. The van der Waals surface area contributed by atoms with Crippen LogP contribution in [-0.4, -0.2) is 29.5 Å². The molecule has 0 spiro atoms. The molecule has 1 atom stereocenters. The number of nitrogens with one attached hydrogen (secondary N) is 1. The van der Waals surface area contributed by atoms with E-state index in [9.17, 15) is 9.90 Å². The minimum atomic E-state index is -0.708. The molecule has 0 radical (unpaired) electrons. The van der Waals surface area contributed by atoms with Crippen LogP contribution in [0.25, 0.3) is 0 Å². The monoisotopic (exact) mass is 329 g/mol. The Bertz CT molecular complexity index is 751. The Morgan fingerprint density at radius 1 is 1.30 bits per heavy atom. The molecule has 0 saturated heterocycles. The number of amides is 1. The highest BCUT2D eigenvalue weighted by Crippen LogP contribution is 2.23.